The molecule has 10 heteroatoms. The first-order valence-corrected chi connectivity index (χ1v) is 9.31. The molecule has 2 heterocycles. The second-order valence-corrected chi connectivity index (χ2v) is 7.50. The van der Waals surface area contributed by atoms with Crippen molar-refractivity contribution in [2.24, 2.45) is 5.16 Å². The molecular formula is C20H11Cl2F3N4O. The predicted octanol–water partition coefficient (Wildman–Crippen LogP) is 5.63. The van der Waals surface area contributed by atoms with E-state index in [0.29, 0.717) is 16.8 Å². The molecule has 0 saturated heterocycles. The molecule has 0 saturated carbocycles. The van der Waals surface area contributed by atoms with Crippen LogP contribution >= 0.6 is 23.2 Å². The van der Waals surface area contributed by atoms with E-state index in [2.05, 4.69) is 10.3 Å². The second-order valence-electron chi connectivity index (χ2n) is 6.62. The summed E-state index contributed by atoms with van der Waals surface area (Å²) in [5.74, 6) is 0. The molecule has 2 aromatic carbocycles. The predicted molar refractivity (Wildman–Crippen MR) is 105 cm³/mol. The summed E-state index contributed by atoms with van der Waals surface area (Å²) < 4.78 is 43.8. The molecule has 5 nitrogen and oxygen atoms in total. The summed E-state index contributed by atoms with van der Waals surface area (Å²) in [7, 11) is 0. The number of oxime groups is 1. The number of alkyl halides is 3. The highest BCUT2D eigenvalue weighted by Crippen LogP contribution is 2.49. The fraction of sp³-hybridized carbons (Fsp3) is 0.150. The summed E-state index contributed by atoms with van der Waals surface area (Å²) in [6, 6.07) is 12.3. The van der Waals surface area contributed by atoms with Crippen LogP contribution in [0, 0.1) is 11.3 Å². The molecule has 152 valence electrons. The van der Waals surface area contributed by atoms with Crippen LogP contribution < -0.4 is 0 Å². The van der Waals surface area contributed by atoms with E-state index in [1.54, 1.807) is 24.3 Å². The molecule has 0 aliphatic carbocycles. The van der Waals surface area contributed by atoms with Crippen LogP contribution in [-0.2, 0) is 10.4 Å². The van der Waals surface area contributed by atoms with Crippen molar-refractivity contribution < 1.29 is 18.0 Å². The van der Waals surface area contributed by atoms with E-state index >= 15 is 0 Å². The van der Waals surface area contributed by atoms with E-state index in [9.17, 15) is 13.2 Å². The molecule has 0 spiro atoms. The number of rotatable bonds is 3. The van der Waals surface area contributed by atoms with Crippen LogP contribution in [0.15, 0.2) is 60.0 Å². The van der Waals surface area contributed by atoms with E-state index in [0.717, 1.165) is 0 Å². The number of nitrogens with zero attached hydrogens (tertiary/aromatic N) is 4. The van der Waals surface area contributed by atoms with Gasteiger partial charge in [0.25, 0.3) is 5.60 Å². The fourth-order valence-corrected chi connectivity index (χ4v) is 3.72. The molecule has 0 N–H and O–H groups in total. The molecule has 30 heavy (non-hydrogen) atoms. The van der Waals surface area contributed by atoms with Crippen molar-refractivity contribution in [3.05, 3.63) is 81.6 Å². The lowest BCUT2D eigenvalue weighted by Gasteiger charge is -2.29. The molecular weight excluding hydrogens is 440 g/mol. The third kappa shape index (κ3) is 3.51. The first kappa shape index (κ1) is 20.3. The molecule has 1 aliphatic heterocycles. The Hall–Kier alpha value is -3.02. The summed E-state index contributed by atoms with van der Waals surface area (Å²) in [4.78, 5) is 5.02. The number of hydrogen-bond acceptors (Lipinski definition) is 4. The zero-order valence-electron chi connectivity index (χ0n) is 15.0. The Bertz CT molecular complexity index is 1180. The van der Waals surface area contributed by atoms with E-state index in [1.165, 1.54) is 35.3 Å². The zero-order valence-corrected chi connectivity index (χ0v) is 16.5. The zero-order chi connectivity index (χ0) is 21.5. The molecule has 0 fully saturated rings. The monoisotopic (exact) mass is 450 g/mol. The Balaban J connectivity index is 1.71. The van der Waals surface area contributed by atoms with Crippen molar-refractivity contribution in [3.8, 4) is 11.8 Å². The Morgan fingerprint density at radius 3 is 2.50 bits per heavy atom. The first-order valence-electron chi connectivity index (χ1n) is 8.56. The summed E-state index contributed by atoms with van der Waals surface area (Å²) in [6.07, 6.45) is -2.42. The van der Waals surface area contributed by atoms with E-state index in [-0.39, 0.29) is 21.3 Å². The average Bonchev–Trinajstić information content (AvgIpc) is 3.35. The van der Waals surface area contributed by atoms with Crippen molar-refractivity contribution in [2.45, 2.75) is 18.2 Å². The maximum atomic E-state index is 14.1. The topological polar surface area (TPSA) is 63.2 Å². The number of nitriles is 1. The minimum absolute atomic E-state index is 0.0622. The van der Waals surface area contributed by atoms with Crippen LogP contribution in [0.2, 0.25) is 10.0 Å². The van der Waals surface area contributed by atoms with E-state index < -0.39 is 18.2 Å². The summed E-state index contributed by atoms with van der Waals surface area (Å²) in [5.41, 5.74) is -1.47. The molecule has 4 rings (SSSR count). The number of hydrogen-bond donors (Lipinski definition) is 0. The molecule has 0 radical (unpaired) electrons. The van der Waals surface area contributed by atoms with Crippen molar-refractivity contribution in [2.75, 3.05) is 0 Å². The van der Waals surface area contributed by atoms with Crippen molar-refractivity contribution in [3.63, 3.8) is 0 Å². The van der Waals surface area contributed by atoms with Gasteiger partial charge in [-0.2, -0.15) is 23.5 Å². The largest absolute Gasteiger partial charge is 0.435 e. The summed E-state index contributed by atoms with van der Waals surface area (Å²) in [6.45, 7) is 0. The third-order valence-corrected chi connectivity index (χ3v) is 5.11. The smallest absolute Gasteiger partial charge is 0.374 e. The van der Waals surface area contributed by atoms with Crippen LogP contribution in [0.25, 0.3) is 5.69 Å². The van der Waals surface area contributed by atoms with Gasteiger partial charge in [-0.1, -0.05) is 40.5 Å². The maximum Gasteiger partial charge on any atom is 0.435 e. The lowest BCUT2D eigenvalue weighted by atomic mass is 9.86. The molecule has 1 aliphatic rings. The molecule has 0 amide bonds. The van der Waals surface area contributed by atoms with Crippen molar-refractivity contribution in [1.82, 2.24) is 9.78 Å². The molecule has 1 unspecified atom stereocenters. The third-order valence-electron chi connectivity index (χ3n) is 4.67. The van der Waals surface area contributed by atoms with Crippen LogP contribution in [-0.4, -0.2) is 21.7 Å². The summed E-state index contributed by atoms with van der Waals surface area (Å²) in [5, 5.41) is 16.9. The van der Waals surface area contributed by atoms with Gasteiger partial charge in [-0.25, -0.2) is 4.68 Å². The maximum absolute atomic E-state index is 14.1. The van der Waals surface area contributed by atoms with Gasteiger partial charge in [-0.15, -0.1) is 0 Å². The van der Waals surface area contributed by atoms with Crippen LogP contribution in [0.5, 0.6) is 0 Å². The lowest BCUT2D eigenvalue weighted by Crippen LogP contribution is -2.42. The minimum atomic E-state index is -4.77. The Labute approximate surface area is 178 Å². The van der Waals surface area contributed by atoms with Gasteiger partial charge in [0.05, 0.1) is 23.2 Å². The van der Waals surface area contributed by atoms with E-state index in [4.69, 9.17) is 33.3 Å². The SMILES string of the molecule is N#Cc1cnn(-c2cccc(C3=NOC(c4cc(Cl)cc(Cl)c4)(C(F)(F)F)C3)c2)c1. The van der Waals surface area contributed by atoms with Gasteiger partial charge in [-0.3, -0.25) is 0 Å². The summed E-state index contributed by atoms with van der Waals surface area (Å²) >= 11 is 11.8. The highest BCUT2D eigenvalue weighted by atomic mass is 35.5. The van der Waals surface area contributed by atoms with Gasteiger partial charge in [0.2, 0.25) is 0 Å². The van der Waals surface area contributed by atoms with E-state index in [1.807, 2.05) is 6.07 Å². The number of halogens is 5. The van der Waals surface area contributed by atoms with Gasteiger partial charge in [-0.05, 0) is 30.3 Å². The Morgan fingerprint density at radius 2 is 1.87 bits per heavy atom. The average molecular weight is 451 g/mol. The van der Waals surface area contributed by atoms with Crippen LogP contribution in [0.3, 0.4) is 0 Å². The fourth-order valence-electron chi connectivity index (χ4n) is 3.20. The van der Waals surface area contributed by atoms with Crippen molar-refractivity contribution in [1.29, 1.82) is 5.26 Å². The molecule has 3 aromatic rings. The van der Waals surface area contributed by atoms with Gasteiger partial charge >= 0.3 is 6.18 Å². The first-order chi connectivity index (χ1) is 14.2. The standard InChI is InChI=1S/C20H11Cl2F3N4O/c21-15-5-14(6-16(22)7-15)19(20(23,24)25)8-18(28-30-19)13-2-1-3-17(4-13)29-11-12(9-26)10-27-29/h1-7,10-11H,8H2. The quantitative estimate of drug-likeness (QED) is 0.519. The van der Waals surface area contributed by atoms with Gasteiger partial charge in [0.15, 0.2) is 0 Å². The second kappa shape index (κ2) is 7.35. The lowest BCUT2D eigenvalue weighted by molar-refractivity contribution is -0.275. The van der Waals surface area contributed by atoms with Crippen LogP contribution in [0.4, 0.5) is 13.2 Å². The van der Waals surface area contributed by atoms with Gasteiger partial charge in [0, 0.05) is 33.8 Å². The highest BCUT2D eigenvalue weighted by molar-refractivity contribution is 6.34. The number of aromatic nitrogens is 2. The molecule has 0 bridgehead atoms. The van der Waals surface area contributed by atoms with Gasteiger partial charge in [0.1, 0.15) is 6.07 Å². The molecule has 1 aromatic heterocycles. The normalized spacial score (nSPS) is 18.6. The Kier molecular flexibility index (Phi) is 4.96. The highest BCUT2D eigenvalue weighted by Gasteiger charge is 2.62. The van der Waals surface area contributed by atoms with Gasteiger partial charge < -0.3 is 4.84 Å². The number of benzene rings is 2. The molecule has 1 atom stereocenters. The minimum Gasteiger partial charge on any atom is -0.374 e. The Morgan fingerprint density at radius 1 is 1.13 bits per heavy atom. The van der Waals surface area contributed by atoms with Crippen molar-refractivity contribution >= 4 is 28.9 Å². The van der Waals surface area contributed by atoms with Crippen LogP contribution in [0.1, 0.15) is 23.1 Å².